The summed E-state index contributed by atoms with van der Waals surface area (Å²) in [5.41, 5.74) is 0.315. The van der Waals surface area contributed by atoms with Crippen LogP contribution in [0.4, 0.5) is 0 Å². The number of hydrogen-bond donors (Lipinski definition) is 3. The van der Waals surface area contributed by atoms with Crippen LogP contribution in [0.3, 0.4) is 0 Å². The second-order valence-corrected chi connectivity index (χ2v) is 5.95. The molecule has 0 unspecified atom stereocenters. The summed E-state index contributed by atoms with van der Waals surface area (Å²) in [6, 6.07) is 6.16. The number of benzene rings is 1. The van der Waals surface area contributed by atoms with E-state index in [1.807, 2.05) is 0 Å². The summed E-state index contributed by atoms with van der Waals surface area (Å²) in [5, 5.41) is 24.8. The van der Waals surface area contributed by atoms with Gasteiger partial charge in [0.05, 0.1) is 12.0 Å². The zero-order valence-corrected chi connectivity index (χ0v) is 16.6. The predicted octanol–water partition coefficient (Wildman–Crippen LogP) is 2.86. The van der Waals surface area contributed by atoms with Crippen molar-refractivity contribution in [1.29, 1.82) is 0 Å². The minimum Gasteiger partial charge on any atom is -0.481 e. The van der Waals surface area contributed by atoms with Crippen molar-refractivity contribution in [2.24, 2.45) is 0 Å². The molecule has 0 radical (unpaired) electrons. The van der Waals surface area contributed by atoms with E-state index in [2.05, 4.69) is 0 Å². The lowest BCUT2D eigenvalue weighted by atomic mass is 10.1. The molecular formula is C20H26O9. The van der Waals surface area contributed by atoms with Gasteiger partial charge < -0.3 is 24.9 Å². The smallest absolute Gasteiger partial charge is 0.336 e. The first-order valence-electron chi connectivity index (χ1n) is 8.64. The van der Waals surface area contributed by atoms with Crippen molar-refractivity contribution in [1.82, 2.24) is 0 Å². The fourth-order valence-corrected chi connectivity index (χ4v) is 1.75. The third-order valence-electron chi connectivity index (χ3n) is 3.15. The maximum atomic E-state index is 10.9. The lowest BCUT2D eigenvalue weighted by Crippen LogP contribution is -2.05. The summed E-state index contributed by atoms with van der Waals surface area (Å²) in [4.78, 5) is 61.4. The number of ketones is 3. The highest BCUT2D eigenvalue weighted by molar-refractivity contribution is 6.04. The van der Waals surface area contributed by atoms with Gasteiger partial charge in [-0.2, -0.15) is 0 Å². The maximum Gasteiger partial charge on any atom is 0.336 e. The van der Waals surface area contributed by atoms with Crippen molar-refractivity contribution >= 4 is 35.3 Å². The second-order valence-electron chi connectivity index (χ2n) is 5.95. The molecule has 0 aliphatic rings. The lowest BCUT2D eigenvalue weighted by Gasteiger charge is -1.99. The first kappa shape index (κ1) is 27.9. The van der Waals surface area contributed by atoms with Crippen LogP contribution in [0, 0.1) is 0 Å². The zero-order chi connectivity index (χ0) is 23.0. The summed E-state index contributed by atoms with van der Waals surface area (Å²) < 4.78 is 0. The van der Waals surface area contributed by atoms with Crippen LogP contribution >= 0.6 is 0 Å². The van der Waals surface area contributed by atoms with E-state index in [0.717, 1.165) is 0 Å². The molecule has 3 N–H and O–H groups in total. The summed E-state index contributed by atoms with van der Waals surface area (Å²) >= 11 is 0. The number of aliphatic carboxylic acids is 2. The van der Waals surface area contributed by atoms with Crippen LogP contribution in [0.2, 0.25) is 0 Å². The SMILES string of the molecule is CC(=O)CCC(=O)O.CC(=O)CCCC(=O)O.CC(=O)c1ccccc1C(=O)O. The van der Waals surface area contributed by atoms with Crippen molar-refractivity contribution in [2.45, 2.75) is 52.9 Å². The molecule has 0 atom stereocenters. The Morgan fingerprint density at radius 2 is 1.10 bits per heavy atom. The molecular weight excluding hydrogens is 384 g/mol. The van der Waals surface area contributed by atoms with Gasteiger partial charge in [-0.05, 0) is 33.3 Å². The van der Waals surface area contributed by atoms with Gasteiger partial charge in [0.1, 0.15) is 11.6 Å². The normalized spacial score (nSPS) is 9.07. The van der Waals surface area contributed by atoms with Crippen LogP contribution in [0.15, 0.2) is 24.3 Å². The third kappa shape index (κ3) is 17.8. The minimum atomic E-state index is -1.07. The van der Waals surface area contributed by atoms with Gasteiger partial charge in [0.15, 0.2) is 5.78 Å². The number of aromatic carboxylic acids is 1. The molecule has 9 nitrogen and oxygen atoms in total. The van der Waals surface area contributed by atoms with Gasteiger partial charge in [-0.1, -0.05) is 18.2 Å². The monoisotopic (exact) mass is 410 g/mol. The van der Waals surface area contributed by atoms with Crippen molar-refractivity contribution in [3.05, 3.63) is 35.4 Å². The van der Waals surface area contributed by atoms with Gasteiger partial charge in [-0.25, -0.2) is 4.79 Å². The first-order chi connectivity index (χ1) is 13.4. The number of carbonyl (C=O) groups excluding carboxylic acids is 3. The van der Waals surface area contributed by atoms with Gasteiger partial charge in [0.2, 0.25) is 0 Å². The van der Waals surface area contributed by atoms with E-state index < -0.39 is 17.9 Å². The standard InChI is InChI=1S/C9H8O3.C6H10O3.C5H8O3/c1-6(10)7-4-2-3-5-8(7)9(11)12;1-5(7)3-2-4-6(8)9;1-4(6)2-3-5(7)8/h2-5H,1H3,(H,11,12);2-4H2,1H3,(H,8,9);2-3H2,1H3,(H,7,8). The van der Waals surface area contributed by atoms with Gasteiger partial charge in [0, 0.05) is 24.8 Å². The summed E-state index contributed by atoms with van der Waals surface area (Å²) in [7, 11) is 0. The van der Waals surface area contributed by atoms with Crippen LogP contribution < -0.4 is 0 Å². The van der Waals surface area contributed by atoms with Crippen LogP contribution in [0.1, 0.15) is 73.6 Å². The summed E-state index contributed by atoms with van der Waals surface area (Å²) in [6.07, 6.45) is 1.04. The van der Waals surface area contributed by atoms with E-state index in [0.29, 0.717) is 12.8 Å². The van der Waals surface area contributed by atoms with Crippen LogP contribution in [-0.4, -0.2) is 50.6 Å². The molecule has 9 heteroatoms. The fraction of sp³-hybridized carbons (Fsp3) is 0.400. The Balaban J connectivity index is 0. The molecule has 0 aliphatic carbocycles. The molecule has 1 rings (SSSR count). The molecule has 160 valence electrons. The molecule has 0 saturated heterocycles. The Morgan fingerprint density at radius 1 is 0.655 bits per heavy atom. The Labute approximate surface area is 168 Å². The lowest BCUT2D eigenvalue weighted by molar-refractivity contribution is -0.138. The molecule has 0 bridgehead atoms. The van der Waals surface area contributed by atoms with Gasteiger partial charge in [-0.3, -0.25) is 14.4 Å². The van der Waals surface area contributed by atoms with E-state index in [1.165, 1.54) is 32.9 Å². The van der Waals surface area contributed by atoms with Crippen LogP contribution in [0.5, 0.6) is 0 Å². The van der Waals surface area contributed by atoms with E-state index in [4.69, 9.17) is 15.3 Å². The number of Topliss-reactive ketones (excluding diaryl/α,β-unsaturated/α-hetero) is 3. The van der Waals surface area contributed by atoms with Crippen molar-refractivity contribution in [2.75, 3.05) is 0 Å². The maximum absolute atomic E-state index is 10.9. The number of hydrogen-bond acceptors (Lipinski definition) is 6. The van der Waals surface area contributed by atoms with Gasteiger partial charge in [-0.15, -0.1) is 0 Å². The van der Waals surface area contributed by atoms with Gasteiger partial charge >= 0.3 is 17.9 Å². The van der Waals surface area contributed by atoms with Crippen molar-refractivity contribution < 1.29 is 44.1 Å². The first-order valence-corrected chi connectivity index (χ1v) is 8.64. The Kier molecular flexibility index (Phi) is 15.1. The fourth-order valence-electron chi connectivity index (χ4n) is 1.75. The molecule has 1 aromatic carbocycles. The van der Waals surface area contributed by atoms with Crippen LogP contribution in [0.25, 0.3) is 0 Å². The Morgan fingerprint density at radius 3 is 1.38 bits per heavy atom. The topological polar surface area (TPSA) is 163 Å². The molecule has 0 heterocycles. The Bertz CT molecular complexity index is 674. The zero-order valence-electron chi connectivity index (χ0n) is 16.6. The molecule has 0 aromatic heterocycles. The highest BCUT2D eigenvalue weighted by Crippen LogP contribution is 2.08. The predicted molar refractivity (Wildman–Crippen MR) is 103 cm³/mol. The average molecular weight is 410 g/mol. The van der Waals surface area contributed by atoms with E-state index >= 15 is 0 Å². The molecule has 0 saturated carbocycles. The highest BCUT2D eigenvalue weighted by Gasteiger charge is 2.11. The van der Waals surface area contributed by atoms with E-state index in [-0.39, 0.29) is 47.7 Å². The third-order valence-corrected chi connectivity index (χ3v) is 3.15. The number of carboxylic acid groups (broad SMARTS) is 3. The summed E-state index contributed by atoms with van der Waals surface area (Å²) in [5.74, 6) is -3.08. The van der Waals surface area contributed by atoms with Crippen molar-refractivity contribution in [3.8, 4) is 0 Å². The molecule has 0 aliphatic heterocycles. The molecule has 29 heavy (non-hydrogen) atoms. The number of carbonyl (C=O) groups is 6. The molecule has 0 amide bonds. The second kappa shape index (κ2) is 15.7. The number of rotatable bonds is 9. The van der Waals surface area contributed by atoms with Crippen molar-refractivity contribution in [3.63, 3.8) is 0 Å². The quantitative estimate of drug-likeness (QED) is 0.519. The molecule has 1 aromatic rings. The van der Waals surface area contributed by atoms with Gasteiger partial charge in [0.25, 0.3) is 0 Å². The Hall–Kier alpha value is -3.36. The van der Waals surface area contributed by atoms with E-state index in [1.54, 1.807) is 12.1 Å². The highest BCUT2D eigenvalue weighted by atomic mass is 16.4. The molecule has 0 fully saturated rings. The van der Waals surface area contributed by atoms with E-state index in [9.17, 15) is 28.8 Å². The average Bonchev–Trinajstić information content (AvgIpc) is 2.60. The largest absolute Gasteiger partial charge is 0.481 e. The van der Waals surface area contributed by atoms with Crippen LogP contribution in [-0.2, 0) is 19.2 Å². The molecule has 0 spiro atoms. The number of carboxylic acids is 3. The summed E-state index contributed by atoms with van der Waals surface area (Å²) in [6.45, 7) is 4.19. The minimum absolute atomic E-state index is 0.0463.